The van der Waals surface area contributed by atoms with Crippen molar-refractivity contribution in [3.05, 3.63) is 61.1 Å². The Bertz CT molecular complexity index is 612. The number of benzene rings is 2. The van der Waals surface area contributed by atoms with E-state index in [0.717, 1.165) is 11.3 Å². The SMILES string of the molecule is c1ccc2c(-c3ccncn3)cccc2c1. The lowest BCUT2D eigenvalue weighted by Crippen LogP contribution is -1.85. The van der Waals surface area contributed by atoms with Crippen LogP contribution >= 0.6 is 0 Å². The minimum atomic E-state index is 0.965. The maximum absolute atomic E-state index is 4.29. The second-order valence-electron chi connectivity index (χ2n) is 3.62. The highest BCUT2D eigenvalue weighted by Crippen LogP contribution is 2.26. The van der Waals surface area contributed by atoms with E-state index in [0.29, 0.717) is 0 Å². The summed E-state index contributed by atoms with van der Waals surface area (Å²) in [6.45, 7) is 0. The maximum Gasteiger partial charge on any atom is 0.116 e. The molecule has 0 N–H and O–H groups in total. The van der Waals surface area contributed by atoms with Gasteiger partial charge in [0, 0.05) is 11.8 Å². The van der Waals surface area contributed by atoms with Gasteiger partial charge in [-0.05, 0) is 16.8 Å². The molecule has 0 saturated heterocycles. The molecule has 0 aliphatic rings. The van der Waals surface area contributed by atoms with E-state index in [9.17, 15) is 0 Å². The topological polar surface area (TPSA) is 25.8 Å². The molecule has 0 aliphatic carbocycles. The van der Waals surface area contributed by atoms with Crippen LogP contribution in [0.25, 0.3) is 22.0 Å². The lowest BCUT2D eigenvalue weighted by atomic mass is 10.0. The van der Waals surface area contributed by atoms with Crippen LogP contribution in [0.15, 0.2) is 61.1 Å². The summed E-state index contributed by atoms with van der Waals surface area (Å²) >= 11 is 0. The van der Waals surface area contributed by atoms with E-state index < -0.39 is 0 Å². The van der Waals surface area contributed by atoms with Gasteiger partial charge in [-0.2, -0.15) is 0 Å². The Labute approximate surface area is 93.6 Å². The van der Waals surface area contributed by atoms with Gasteiger partial charge in [0.05, 0.1) is 5.69 Å². The largest absolute Gasteiger partial charge is 0.245 e. The molecule has 0 radical (unpaired) electrons. The highest BCUT2D eigenvalue weighted by atomic mass is 14.8. The molecule has 76 valence electrons. The lowest BCUT2D eigenvalue weighted by molar-refractivity contribution is 1.17. The first kappa shape index (κ1) is 9.04. The highest BCUT2D eigenvalue weighted by molar-refractivity contribution is 5.95. The molecule has 0 spiro atoms. The van der Waals surface area contributed by atoms with E-state index in [2.05, 4.69) is 40.3 Å². The number of fused-ring (bicyclic) bond motifs is 1. The summed E-state index contributed by atoms with van der Waals surface area (Å²) in [6.07, 6.45) is 3.35. The van der Waals surface area contributed by atoms with Gasteiger partial charge in [0.1, 0.15) is 6.33 Å². The third-order valence-corrected chi connectivity index (χ3v) is 2.65. The quantitative estimate of drug-likeness (QED) is 0.610. The summed E-state index contributed by atoms with van der Waals surface area (Å²) < 4.78 is 0. The van der Waals surface area contributed by atoms with Crippen molar-refractivity contribution >= 4 is 10.8 Å². The fourth-order valence-corrected chi connectivity index (χ4v) is 1.90. The normalized spacial score (nSPS) is 10.5. The van der Waals surface area contributed by atoms with E-state index >= 15 is 0 Å². The van der Waals surface area contributed by atoms with Gasteiger partial charge in [-0.1, -0.05) is 42.5 Å². The van der Waals surface area contributed by atoms with Crippen LogP contribution in [0.1, 0.15) is 0 Å². The first-order chi connectivity index (χ1) is 7.95. The summed E-state index contributed by atoms with van der Waals surface area (Å²) in [5.41, 5.74) is 2.12. The average Bonchev–Trinajstić information content (AvgIpc) is 2.39. The van der Waals surface area contributed by atoms with Crippen LogP contribution in [0.2, 0.25) is 0 Å². The van der Waals surface area contributed by atoms with Gasteiger partial charge in [0.15, 0.2) is 0 Å². The van der Waals surface area contributed by atoms with Gasteiger partial charge >= 0.3 is 0 Å². The van der Waals surface area contributed by atoms with Crippen LogP contribution in [-0.2, 0) is 0 Å². The zero-order valence-electron chi connectivity index (χ0n) is 8.67. The molecule has 0 unspecified atom stereocenters. The lowest BCUT2D eigenvalue weighted by Gasteiger charge is -2.04. The average molecular weight is 206 g/mol. The number of nitrogens with zero attached hydrogens (tertiary/aromatic N) is 2. The number of hydrogen-bond donors (Lipinski definition) is 0. The number of hydrogen-bond acceptors (Lipinski definition) is 2. The molecule has 0 bridgehead atoms. The minimum Gasteiger partial charge on any atom is -0.245 e. The Morgan fingerprint density at radius 1 is 0.812 bits per heavy atom. The fourth-order valence-electron chi connectivity index (χ4n) is 1.90. The van der Waals surface area contributed by atoms with E-state index in [1.54, 1.807) is 12.5 Å². The molecule has 3 aromatic rings. The van der Waals surface area contributed by atoms with E-state index in [-0.39, 0.29) is 0 Å². The van der Waals surface area contributed by atoms with Crippen molar-refractivity contribution in [2.45, 2.75) is 0 Å². The third-order valence-electron chi connectivity index (χ3n) is 2.65. The summed E-state index contributed by atoms with van der Waals surface area (Å²) in [7, 11) is 0. The summed E-state index contributed by atoms with van der Waals surface area (Å²) in [6, 6.07) is 16.5. The van der Waals surface area contributed by atoms with Gasteiger partial charge in [-0.25, -0.2) is 9.97 Å². The van der Waals surface area contributed by atoms with Gasteiger partial charge in [0.25, 0.3) is 0 Å². The van der Waals surface area contributed by atoms with Crippen LogP contribution in [0, 0.1) is 0 Å². The zero-order valence-corrected chi connectivity index (χ0v) is 8.67. The Morgan fingerprint density at radius 2 is 1.69 bits per heavy atom. The van der Waals surface area contributed by atoms with E-state index in [4.69, 9.17) is 0 Å². The molecule has 0 amide bonds. The molecule has 2 aromatic carbocycles. The monoisotopic (exact) mass is 206 g/mol. The Hall–Kier alpha value is -2.22. The van der Waals surface area contributed by atoms with E-state index in [1.807, 2.05) is 18.2 Å². The van der Waals surface area contributed by atoms with Crippen molar-refractivity contribution in [2.24, 2.45) is 0 Å². The molecule has 0 atom stereocenters. The summed E-state index contributed by atoms with van der Waals surface area (Å²) in [5.74, 6) is 0. The third kappa shape index (κ3) is 1.44. The predicted octanol–water partition coefficient (Wildman–Crippen LogP) is 3.30. The molecule has 0 saturated carbocycles. The van der Waals surface area contributed by atoms with Gasteiger partial charge in [0.2, 0.25) is 0 Å². The van der Waals surface area contributed by atoms with Crippen LogP contribution in [0.3, 0.4) is 0 Å². The Morgan fingerprint density at radius 3 is 2.56 bits per heavy atom. The second-order valence-corrected chi connectivity index (χ2v) is 3.62. The number of rotatable bonds is 1. The van der Waals surface area contributed by atoms with Crippen molar-refractivity contribution in [3.8, 4) is 11.3 Å². The van der Waals surface area contributed by atoms with Gasteiger partial charge < -0.3 is 0 Å². The molecule has 0 fully saturated rings. The van der Waals surface area contributed by atoms with Crippen LogP contribution < -0.4 is 0 Å². The van der Waals surface area contributed by atoms with Gasteiger partial charge in [-0.3, -0.25) is 0 Å². The van der Waals surface area contributed by atoms with Crippen molar-refractivity contribution in [3.63, 3.8) is 0 Å². The minimum absolute atomic E-state index is 0.965. The Kier molecular flexibility index (Phi) is 2.11. The molecule has 16 heavy (non-hydrogen) atoms. The van der Waals surface area contributed by atoms with Crippen molar-refractivity contribution in [1.82, 2.24) is 9.97 Å². The zero-order chi connectivity index (χ0) is 10.8. The number of aromatic nitrogens is 2. The summed E-state index contributed by atoms with van der Waals surface area (Å²) in [5, 5.41) is 2.46. The molecular formula is C14H10N2. The van der Waals surface area contributed by atoms with Crippen molar-refractivity contribution in [1.29, 1.82) is 0 Å². The smallest absolute Gasteiger partial charge is 0.116 e. The van der Waals surface area contributed by atoms with Crippen LogP contribution in [0.4, 0.5) is 0 Å². The van der Waals surface area contributed by atoms with E-state index in [1.165, 1.54) is 10.8 Å². The second kappa shape index (κ2) is 3.74. The highest BCUT2D eigenvalue weighted by Gasteiger charge is 2.02. The standard InChI is InChI=1S/C14H10N2/c1-2-6-12-11(4-1)5-3-7-13(12)14-8-9-15-10-16-14/h1-10H. The fraction of sp³-hybridized carbons (Fsp3) is 0. The van der Waals surface area contributed by atoms with Gasteiger partial charge in [-0.15, -0.1) is 0 Å². The summed E-state index contributed by atoms with van der Waals surface area (Å²) in [4.78, 5) is 8.23. The molecule has 0 aliphatic heterocycles. The molecule has 3 rings (SSSR count). The molecule has 1 heterocycles. The predicted molar refractivity (Wildman–Crippen MR) is 65.0 cm³/mol. The molecule has 2 nitrogen and oxygen atoms in total. The van der Waals surface area contributed by atoms with Crippen LogP contribution in [0.5, 0.6) is 0 Å². The van der Waals surface area contributed by atoms with Crippen LogP contribution in [-0.4, -0.2) is 9.97 Å². The Balaban J connectivity index is 2.32. The van der Waals surface area contributed by atoms with Crippen molar-refractivity contribution < 1.29 is 0 Å². The first-order valence-corrected chi connectivity index (χ1v) is 5.19. The molecule has 1 aromatic heterocycles. The molecular weight excluding hydrogens is 196 g/mol. The van der Waals surface area contributed by atoms with Crippen molar-refractivity contribution in [2.75, 3.05) is 0 Å². The maximum atomic E-state index is 4.29. The molecule has 2 heteroatoms. The first-order valence-electron chi connectivity index (χ1n) is 5.19.